The van der Waals surface area contributed by atoms with Crippen LogP contribution in [0.5, 0.6) is 11.5 Å². The van der Waals surface area contributed by atoms with Crippen molar-refractivity contribution in [2.45, 2.75) is 39.8 Å². The number of ether oxygens (including phenoxy) is 2. The number of carbonyl (C=O) groups is 2. The van der Waals surface area contributed by atoms with E-state index in [1.165, 1.54) is 0 Å². The van der Waals surface area contributed by atoms with Crippen LogP contribution in [0.1, 0.15) is 30.0 Å². The number of nitrogens with one attached hydrogen (secondary N) is 1. The van der Waals surface area contributed by atoms with Gasteiger partial charge in [-0.25, -0.2) is 0 Å². The molecule has 0 unspecified atom stereocenters. The monoisotopic (exact) mass is 398 g/mol. The molecule has 0 aliphatic rings. The summed E-state index contributed by atoms with van der Waals surface area (Å²) in [6, 6.07) is 12.8. The standard InChI is InChI=1S/C23H30N2O4/c1-6-20(23(27)24-4)25(14-18-9-11-19(28-5)12-10-18)22(26)15-29-21-13-16(2)7-8-17(21)3/h7-13,20H,6,14-15H2,1-5H3,(H,24,27)/t20-/m0/s1. The lowest BCUT2D eigenvalue weighted by molar-refractivity contribution is -0.142. The van der Waals surface area contributed by atoms with E-state index in [2.05, 4.69) is 5.32 Å². The minimum Gasteiger partial charge on any atom is -0.497 e. The molecule has 2 amide bonds. The molecule has 1 N–H and O–H groups in total. The quantitative estimate of drug-likeness (QED) is 0.704. The van der Waals surface area contributed by atoms with Gasteiger partial charge in [0.25, 0.3) is 5.91 Å². The van der Waals surface area contributed by atoms with Crippen molar-refractivity contribution in [1.29, 1.82) is 0 Å². The highest BCUT2D eigenvalue weighted by atomic mass is 16.5. The summed E-state index contributed by atoms with van der Waals surface area (Å²) in [7, 11) is 3.18. The molecular weight excluding hydrogens is 368 g/mol. The minimum absolute atomic E-state index is 0.131. The zero-order valence-electron chi connectivity index (χ0n) is 17.8. The average molecular weight is 399 g/mol. The first kappa shape index (κ1) is 22.3. The molecule has 0 aliphatic heterocycles. The molecule has 156 valence electrons. The molecule has 1 atom stereocenters. The van der Waals surface area contributed by atoms with E-state index in [4.69, 9.17) is 9.47 Å². The van der Waals surface area contributed by atoms with Crippen molar-refractivity contribution in [3.8, 4) is 11.5 Å². The van der Waals surface area contributed by atoms with Crippen molar-refractivity contribution < 1.29 is 19.1 Å². The van der Waals surface area contributed by atoms with E-state index in [-0.39, 0.29) is 18.4 Å². The van der Waals surface area contributed by atoms with E-state index in [1.807, 2.05) is 63.2 Å². The molecule has 2 aromatic carbocycles. The number of nitrogens with zero attached hydrogens (tertiary/aromatic N) is 1. The third kappa shape index (κ3) is 5.98. The first-order valence-corrected chi connectivity index (χ1v) is 9.73. The molecule has 2 aromatic rings. The van der Waals surface area contributed by atoms with Gasteiger partial charge in [0.15, 0.2) is 6.61 Å². The maximum atomic E-state index is 13.1. The Morgan fingerprint density at radius 2 is 1.79 bits per heavy atom. The van der Waals surface area contributed by atoms with Crippen LogP contribution in [0.15, 0.2) is 42.5 Å². The first-order valence-electron chi connectivity index (χ1n) is 9.73. The number of likely N-dealkylation sites (N-methyl/N-ethyl adjacent to an activating group) is 1. The van der Waals surface area contributed by atoms with E-state index >= 15 is 0 Å². The summed E-state index contributed by atoms with van der Waals surface area (Å²) in [4.78, 5) is 27.0. The average Bonchev–Trinajstić information content (AvgIpc) is 2.74. The Balaban J connectivity index is 2.21. The fraction of sp³-hybridized carbons (Fsp3) is 0.391. The van der Waals surface area contributed by atoms with Gasteiger partial charge in [0, 0.05) is 13.6 Å². The van der Waals surface area contributed by atoms with Gasteiger partial charge in [0.1, 0.15) is 17.5 Å². The summed E-state index contributed by atoms with van der Waals surface area (Å²) in [5, 5.41) is 2.65. The molecular formula is C23H30N2O4. The molecule has 0 bridgehead atoms. The van der Waals surface area contributed by atoms with E-state index in [9.17, 15) is 9.59 Å². The van der Waals surface area contributed by atoms with Gasteiger partial charge in [-0.1, -0.05) is 31.2 Å². The number of aryl methyl sites for hydroxylation is 2. The van der Waals surface area contributed by atoms with E-state index in [1.54, 1.807) is 19.1 Å². The Morgan fingerprint density at radius 1 is 1.10 bits per heavy atom. The number of amides is 2. The lowest BCUT2D eigenvalue weighted by atomic mass is 10.1. The Morgan fingerprint density at radius 3 is 2.38 bits per heavy atom. The highest BCUT2D eigenvalue weighted by Gasteiger charge is 2.28. The van der Waals surface area contributed by atoms with Crippen molar-refractivity contribution in [3.63, 3.8) is 0 Å². The van der Waals surface area contributed by atoms with Crippen LogP contribution in [-0.4, -0.2) is 43.5 Å². The Labute approximate surface area is 172 Å². The molecule has 0 aliphatic carbocycles. The maximum absolute atomic E-state index is 13.1. The van der Waals surface area contributed by atoms with Crippen LogP contribution in [0.4, 0.5) is 0 Å². The molecule has 0 heterocycles. The van der Waals surface area contributed by atoms with Crippen LogP contribution in [-0.2, 0) is 16.1 Å². The van der Waals surface area contributed by atoms with Crippen LogP contribution < -0.4 is 14.8 Å². The molecule has 0 radical (unpaired) electrons. The predicted octanol–water partition coefficient (Wildman–Crippen LogP) is 3.24. The summed E-state index contributed by atoms with van der Waals surface area (Å²) in [6.07, 6.45) is 0.505. The van der Waals surface area contributed by atoms with Crippen LogP contribution in [0.25, 0.3) is 0 Å². The largest absolute Gasteiger partial charge is 0.497 e. The van der Waals surface area contributed by atoms with Crippen LogP contribution >= 0.6 is 0 Å². The van der Waals surface area contributed by atoms with Gasteiger partial charge in [0.2, 0.25) is 5.91 Å². The first-order chi connectivity index (χ1) is 13.9. The summed E-state index contributed by atoms with van der Waals surface area (Å²) < 4.78 is 11.0. The van der Waals surface area contributed by atoms with Crippen molar-refractivity contribution in [2.75, 3.05) is 20.8 Å². The van der Waals surface area contributed by atoms with Crippen molar-refractivity contribution in [2.24, 2.45) is 0 Å². The van der Waals surface area contributed by atoms with Gasteiger partial charge < -0.3 is 19.7 Å². The Bertz CT molecular complexity index is 833. The van der Waals surface area contributed by atoms with Crippen molar-refractivity contribution in [1.82, 2.24) is 10.2 Å². The Hall–Kier alpha value is -3.02. The van der Waals surface area contributed by atoms with Crippen molar-refractivity contribution in [3.05, 3.63) is 59.2 Å². The van der Waals surface area contributed by atoms with Gasteiger partial charge in [-0.05, 0) is 55.2 Å². The summed E-state index contributed by atoms with van der Waals surface area (Å²) in [5.41, 5.74) is 2.93. The molecule has 2 rings (SSSR count). The zero-order chi connectivity index (χ0) is 21.4. The van der Waals surface area contributed by atoms with Gasteiger partial charge >= 0.3 is 0 Å². The third-order valence-electron chi connectivity index (χ3n) is 4.84. The molecule has 29 heavy (non-hydrogen) atoms. The summed E-state index contributed by atoms with van der Waals surface area (Å²) in [5.74, 6) is 0.984. The second-order valence-corrected chi connectivity index (χ2v) is 6.97. The van der Waals surface area contributed by atoms with Crippen LogP contribution in [0.2, 0.25) is 0 Å². The Kier molecular flexibility index (Phi) is 8.07. The highest BCUT2D eigenvalue weighted by Crippen LogP contribution is 2.20. The number of rotatable bonds is 9. The molecule has 0 saturated carbocycles. The highest BCUT2D eigenvalue weighted by molar-refractivity contribution is 5.88. The molecule has 6 heteroatoms. The van der Waals surface area contributed by atoms with Gasteiger partial charge in [-0.3, -0.25) is 9.59 Å². The lowest BCUT2D eigenvalue weighted by Crippen LogP contribution is -2.49. The number of hydrogen-bond acceptors (Lipinski definition) is 4. The second-order valence-electron chi connectivity index (χ2n) is 6.97. The number of hydrogen-bond donors (Lipinski definition) is 1. The maximum Gasteiger partial charge on any atom is 0.261 e. The normalized spacial score (nSPS) is 11.5. The van der Waals surface area contributed by atoms with Gasteiger partial charge in [0.05, 0.1) is 7.11 Å². The smallest absolute Gasteiger partial charge is 0.261 e. The molecule has 0 aromatic heterocycles. The molecule has 0 saturated heterocycles. The van der Waals surface area contributed by atoms with E-state index in [0.29, 0.717) is 18.7 Å². The van der Waals surface area contributed by atoms with E-state index in [0.717, 1.165) is 22.4 Å². The molecule has 0 fully saturated rings. The summed E-state index contributed by atoms with van der Waals surface area (Å²) >= 11 is 0. The zero-order valence-corrected chi connectivity index (χ0v) is 17.8. The number of carbonyl (C=O) groups excluding carboxylic acids is 2. The SMILES string of the molecule is CC[C@@H](C(=O)NC)N(Cc1ccc(OC)cc1)C(=O)COc1cc(C)ccc1C. The lowest BCUT2D eigenvalue weighted by Gasteiger charge is -2.30. The molecule has 6 nitrogen and oxygen atoms in total. The topological polar surface area (TPSA) is 67.9 Å². The fourth-order valence-electron chi connectivity index (χ4n) is 3.10. The minimum atomic E-state index is -0.572. The van der Waals surface area contributed by atoms with Crippen LogP contribution in [0.3, 0.4) is 0 Å². The number of methoxy groups -OCH3 is 1. The fourth-order valence-corrected chi connectivity index (χ4v) is 3.10. The number of benzene rings is 2. The third-order valence-corrected chi connectivity index (χ3v) is 4.84. The van der Waals surface area contributed by atoms with Gasteiger partial charge in [-0.2, -0.15) is 0 Å². The van der Waals surface area contributed by atoms with E-state index < -0.39 is 6.04 Å². The molecule has 0 spiro atoms. The summed E-state index contributed by atoms with van der Waals surface area (Å²) in [6.45, 7) is 5.98. The van der Waals surface area contributed by atoms with Crippen molar-refractivity contribution >= 4 is 11.8 Å². The van der Waals surface area contributed by atoms with Gasteiger partial charge in [-0.15, -0.1) is 0 Å². The predicted molar refractivity (Wildman–Crippen MR) is 113 cm³/mol. The second kappa shape index (κ2) is 10.5. The van der Waals surface area contributed by atoms with Crippen LogP contribution in [0, 0.1) is 13.8 Å².